The van der Waals surface area contributed by atoms with Crippen LogP contribution in [0.1, 0.15) is 12.5 Å². The molecule has 9 nitrogen and oxygen atoms in total. The number of rotatable bonds is 7. The number of hydrogen-bond acceptors (Lipinski definition) is 9. The lowest BCUT2D eigenvalue weighted by Gasteiger charge is -2.29. The van der Waals surface area contributed by atoms with Gasteiger partial charge in [-0.3, -0.25) is 0 Å². The molecule has 0 spiro atoms. The first kappa shape index (κ1) is 25.1. The molecule has 2 aromatic carbocycles. The van der Waals surface area contributed by atoms with Crippen molar-refractivity contribution in [1.29, 1.82) is 0 Å². The summed E-state index contributed by atoms with van der Waals surface area (Å²) < 4.78 is 35.9. The average molecular weight is 515 g/mol. The van der Waals surface area contributed by atoms with E-state index in [1.165, 1.54) is 32.7 Å². The molecule has 36 heavy (non-hydrogen) atoms. The standard InChI is InChI=1S/C25H24ClFN4O5/c1-14-8-17(27)19(11-20(14)36-24(32)34-4)30-23-16-9-21(33-3)22(10-18(16)28-13-29-23)35-12-25(26)7-5-6-15(2)31-25/h5-11,13,31H,12H2,1-4H3,(H,28,29,30). The van der Waals surface area contributed by atoms with Gasteiger partial charge in [-0.2, -0.15) is 0 Å². The summed E-state index contributed by atoms with van der Waals surface area (Å²) >= 11 is 6.61. The average Bonchev–Trinajstić information content (AvgIpc) is 2.85. The number of dihydropyridines is 1. The molecule has 2 N–H and O–H groups in total. The highest BCUT2D eigenvalue weighted by Crippen LogP contribution is 2.36. The number of methoxy groups -OCH3 is 2. The smallest absolute Gasteiger partial charge is 0.493 e. The van der Waals surface area contributed by atoms with Gasteiger partial charge in [-0.15, -0.1) is 0 Å². The van der Waals surface area contributed by atoms with E-state index in [0.29, 0.717) is 33.8 Å². The SMILES string of the molecule is COC(=O)Oc1cc(Nc2ncnc3cc(OCC4(Cl)C=CC=C(C)N4)c(OC)cc23)c(F)cc1C. The number of carbonyl (C=O) groups excluding carboxylic acids is 1. The number of alkyl halides is 1. The number of halogens is 2. The quantitative estimate of drug-likeness (QED) is 0.187. The van der Waals surface area contributed by atoms with Crippen LogP contribution >= 0.6 is 11.6 Å². The Morgan fingerprint density at radius 1 is 1.14 bits per heavy atom. The molecule has 1 aromatic heterocycles. The monoisotopic (exact) mass is 514 g/mol. The molecule has 0 saturated heterocycles. The van der Waals surface area contributed by atoms with Crippen molar-refractivity contribution in [3.8, 4) is 17.2 Å². The highest BCUT2D eigenvalue weighted by Gasteiger charge is 2.27. The molecule has 3 aromatic rings. The summed E-state index contributed by atoms with van der Waals surface area (Å²) in [6, 6.07) is 5.96. The van der Waals surface area contributed by atoms with Crippen LogP contribution in [0.25, 0.3) is 10.9 Å². The number of nitrogens with one attached hydrogen (secondary N) is 2. The Balaban J connectivity index is 1.64. The van der Waals surface area contributed by atoms with Gasteiger partial charge in [0.15, 0.2) is 16.5 Å². The van der Waals surface area contributed by atoms with Crippen LogP contribution in [0.5, 0.6) is 17.2 Å². The summed E-state index contributed by atoms with van der Waals surface area (Å²) in [5.41, 5.74) is 1.90. The third-order valence-corrected chi connectivity index (χ3v) is 5.68. The molecule has 0 bridgehead atoms. The zero-order valence-electron chi connectivity index (χ0n) is 20.0. The van der Waals surface area contributed by atoms with Crippen molar-refractivity contribution in [2.45, 2.75) is 18.8 Å². The predicted molar refractivity (Wildman–Crippen MR) is 134 cm³/mol. The Bertz CT molecular complexity index is 1380. The molecule has 1 atom stereocenters. The van der Waals surface area contributed by atoms with Gasteiger partial charge in [0.05, 0.1) is 25.4 Å². The van der Waals surface area contributed by atoms with Crippen molar-refractivity contribution < 1.29 is 28.1 Å². The predicted octanol–water partition coefficient (Wildman–Crippen LogP) is 5.35. The fraction of sp³-hybridized carbons (Fsp3) is 0.240. The minimum Gasteiger partial charge on any atom is -0.493 e. The van der Waals surface area contributed by atoms with Crippen LogP contribution in [0.2, 0.25) is 0 Å². The van der Waals surface area contributed by atoms with E-state index in [4.69, 9.17) is 25.8 Å². The van der Waals surface area contributed by atoms with Crippen LogP contribution in [0.3, 0.4) is 0 Å². The van der Waals surface area contributed by atoms with Crippen molar-refractivity contribution in [3.05, 3.63) is 65.9 Å². The summed E-state index contributed by atoms with van der Waals surface area (Å²) in [6.45, 7) is 3.63. The van der Waals surface area contributed by atoms with Crippen LogP contribution in [-0.4, -0.2) is 41.9 Å². The van der Waals surface area contributed by atoms with E-state index in [1.54, 1.807) is 25.1 Å². The number of fused-ring (bicyclic) bond motifs is 1. The lowest BCUT2D eigenvalue weighted by Crippen LogP contribution is -2.43. The second kappa shape index (κ2) is 10.3. The molecule has 1 aliphatic heterocycles. The molecule has 1 aliphatic rings. The maximum atomic E-state index is 14.7. The summed E-state index contributed by atoms with van der Waals surface area (Å²) in [5, 5.41) is 6.65. The molecule has 0 amide bonds. The van der Waals surface area contributed by atoms with Gasteiger partial charge in [-0.1, -0.05) is 17.7 Å². The Morgan fingerprint density at radius 3 is 2.67 bits per heavy atom. The number of nitrogens with zero attached hydrogens (tertiary/aromatic N) is 2. The van der Waals surface area contributed by atoms with Gasteiger partial charge in [-0.25, -0.2) is 19.2 Å². The van der Waals surface area contributed by atoms with Crippen molar-refractivity contribution >= 4 is 40.2 Å². The molecule has 0 aliphatic carbocycles. The summed E-state index contributed by atoms with van der Waals surface area (Å²) in [6.07, 6.45) is 5.99. The van der Waals surface area contributed by atoms with Crippen molar-refractivity contribution in [2.75, 3.05) is 26.1 Å². The zero-order chi connectivity index (χ0) is 25.9. The first-order valence-electron chi connectivity index (χ1n) is 10.8. The summed E-state index contributed by atoms with van der Waals surface area (Å²) in [5.74, 6) is 0.721. The molecule has 2 heterocycles. The Labute approximate surface area is 211 Å². The minimum atomic E-state index is -0.913. The molecular weight excluding hydrogens is 491 g/mol. The first-order chi connectivity index (χ1) is 17.2. The second-order valence-corrected chi connectivity index (χ2v) is 8.68. The van der Waals surface area contributed by atoms with Gasteiger partial charge >= 0.3 is 6.16 Å². The number of allylic oxidation sites excluding steroid dienone is 3. The molecule has 0 fully saturated rings. The summed E-state index contributed by atoms with van der Waals surface area (Å²) in [4.78, 5) is 19.2. The van der Waals surface area contributed by atoms with Crippen LogP contribution in [0, 0.1) is 12.7 Å². The normalized spacial score (nSPS) is 16.7. The topological polar surface area (TPSA) is 104 Å². The highest BCUT2D eigenvalue weighted by atomic mass is 35.5. The van der Waals surface area contributed by atoms with Crippen LogP contribution in [-0.2, 0) is 4.74 Å². The first-order valence-corrected chi connectivity index (χ1v) is 11.2. The molecule has 0 saturated carbocycles. The maximum absolute atomic E-state index is 14.7. The number of ether oxygens (including phenoxy) is 4. The van der Waals surface area contributed by atoms with E-state index in [0.717, 1.165) is 5.70 Å². The Hall–Kier alpha value is -4.05. The Kier molecular flexibility index (Phi) is 7.16. The highest BCUT2D eigenvalue weighted by molar-refractivity contribution is 6.25. The van der Waals surface area contributed by atoms with E-state index in [-0.39, 0.29) is 18.0 Å². The Morgan fingerprint density at radius 2 is 1.94 bits per heavy atom. The zero-order valence-corrected chi connectivity index (χ0v) is 20.8. The molecule has 0 radical (unpaired) electrons. The van der Waals surface area contributed by atoms with Gasteiger partial charge in [0, 0.05) is 23.2 Å². The second-order valence-electron chi connectivity index (χ2n) is 8.01. The molecule has 4 rings (SSSR count). The third kappa shape index (κ3) is 5.44. The van der Waals surface area contributed by atoms with E-state index >= 15 is 0 Å². The lowest BCUT2D eigenvalue weighted by atomic mass is 10.1. The number of aromatic nitrogens is 2. The van der Waals surface area contributed by atoms with E-state index in [9.17, 15) is 9.18 Å². The summed E-state index contributed by atoms with van der Waals surface area (Å²) in [7, 11) is 2.69. The largest absolute Gasteiger partial charge is 0.513 e. The van der Waals surface area contributed by atoms with Gasteiger partial charge in [0.25, 0.3) is 0 Å². The van der Waals surface area contributed by atoms with Crippen LogP contribution < -0.4 is 24.8 Å². The minimum absolute atomic E-state index is 0.0430. The van der Waals surface area contributed by atoms with Crippen LogP contribution in [0.4, 0.5) is 20.7 Å². The van der Waals surface area contributed by atoms with E-state index < -0.39 is 17.0 Å². The van der Waals surface area contributed by atoms with Crippen LogP contribution in [0.15, 0.2) is 54.5 Å². The lowest BCUT2D eigenvalue weighted by molar-refractivity contribution is 0.121. The van der Waals surface area contributed by atoms with Crippen molar-refractivity contribution in [1.82, 2.24) is 15.3 Å². The fourth-order valence-corrected chi connectivity index (χ4v) is 3.85. The number of benzene rings is 2. The number of anilines is 2. The fourth-order valence-electron chi connectivity index (χ4n) is 3.58. The molecular formula is C25H24ClFN4O5. The number of hydrogen-bond donors (Lipinski definition) is 2. The van der Waals surface area contributed by atoms with Gasteiger partial charge in [-0.05, 0) is 43.7 Å². The molecule has 11 heteroatoms. The van der Waals surface area contributed by atoms with E-state index in [1.807, 2.05) is 19.1 Å². The van der Waals surface area contributed by atoms with Gasteiger partial charge < -0.3 is 29.6 Å². The van der Waals surface area contributed by atoms with E-state index in [2.05, 4.69) is 25.3 Å². The molecule has 188 valence electrons. The van der Waals surface area contributed by atoms with Gasteiger partial charge in [0.2, 0.25) is 0 Å². The number of carbonyl (C=O) groups is 1. The maximum Gasteiger partial charge on any atom is 0.513 e. The molecule has 1 unspecified atom stereocenters. The van der Waals surface area contributed by atoms with Crippen molar-refractivity contribution in [2.24, 2.45) is 0 Å². The number of aryl methyl sites for hydroxylation is 1. The van der Waals surface area contributed by atoms with Gasteiger partial charge in [0.1, 0.15) is 30.3 Å². The third-order valence-electron chi connectivity index (χ3n) is 5.35. The van der Waals surface area contributed by atoms with Crippen molar-refractivity contribution in [3.63, 3.8) is 0 Å².